The van der Waals surface area contributed by atoms with Crippen LogP contribution in [-0.2, 0) is 22.6 Å². The summed E-state index contributed by atoms with van der Waals surface area (Å²) in [7, 11) is 0. The molecule has 8 heteroatoms. The number of H-pyrrole nitrogens is 1. The first kappa shape index (κ1) is 10.5. The third kappa shape index (κ3) is 2.08. The maximum absolute atomic E-state index is 11.9. The van der Waals surface area contributed by atoms with Crippen LogP contribution in [0.25, 0.3) is 0 Å². The highest BCUT2D eigenvalue weighted by atomic mass is 16.6. The SMILES string of the molecule is O=c1[nH]c(=O)n(CC2CO2)c(=O)n1CC1CO1. The summed E-state index contributed by atoms with van der Waals surface area (Å²) >= 11 is 0. The number of nitrogens with one attached hydrogen (secondary N) is 1. The molecule has 17 heavy (non-hydrogen) atoms. The van der Waals surface area contributed by atoms with Crippen LogP contribution in [-0.4, -0.2) is 39.5 Å². The monoisotopic (exact) mass is 241 g/mol. The van der Waals surface area contributed by atoms with Gasteiger partial charge >= 0.3 is 17.1 Å². The van der Waals surface area contributed by atoms with Crippen molar-refractivity contribution in [3.63, 3.8) is 0 Å². The molecular weight excluding hydrogens is 230 g/mol. The Labute approximate surface area is 94.4 Å². The van der Waals surface area contributed by atoms with Gasteiger partial charge in [0.15, 0.2) is 0 Å². The molecule has 2 aliphatic heterocycles. The van der Waals surface area contributed by atoms with Crippen LogP contribution in [0.5, 0.6) is 0 Å². The highest BCUT2D eigenvalue weighted by Gasteiger charge is 2.28. The van der Waals surface area contributed by atoms with E-state index in [0.29, 0.717) is 13.2 Å². The molecule has 1 N–H and O–H groups in total. The van der Waals surface area contributed by atoms with Crippen molar-refractivity contribution in [2.45, 2.75) is 25.3 Å². The van der Waals surface area contributed by atoms with Crippen molar-refractivity contribution in [1.82, 2.24) is 14.1 Å². The lowest BCUT2D eigenvalue weighted by molar-refractivity contribution is 0.352. The van der Waals surface area contributed by atoms with E-state index >= 15 is 0 Å². The van der Waals surface area contributed by atoms with E-state index in [2.05, 4.69) is 4.98 Å². The highest BCUT2D eigenvalue weighted by molar-refractivity contribution is 4.81. The Morgan fingerprint density at radius 3 is 1.76 bits per heavy atom. The van der Waals surface area contributed by atoms with E-state index < -0.39 is 17.1 Å². The second-order valence-corrected chi connectivity index (χ2v) is 4.15. The summed E-state index contributed by atoms with van der Waals surface area (Å²) in [5.41, 5.74) is -1.99. The predicted octanol–water partition coefficient (Wildman–Crippen LogP) is -2.50. The van der Waals surface area contributed by atoms with Crippen LogP contribution in [0.1, 0.15) is 0 Å². The number of ether oxygens (including phenoxy) is 2. The van der Waals surface area contributed by atoms with Gasteiger partial charge in [-0.15, -0.1) is 0 Å². The van der Waals surface area contributed by atoms with E-state index in [4.69, 9.17) is 9.47 Å². The Hall–Kier alpha value is -1.67. The van der Waals surface area contributed by atoms with Gasteiger partial charge in [-0.25, -0.2) is 23.5 Å². The van der Waals surface area contributed by atoms with Gasteiger partial charge in [0, 0.05) is 0 Å². The highest BCUT2D eigenvalue weighted by Crippen LogP contribution is 2.10. The number of rotatable bonds is 4. The Bertz CT molecular complexity index is 555. The third-order valence-electron chi connectivity index (χ3n) is 2.74. The molecule has 1 aromatic heterocycles. The minimum atomic E-state index is -0.691. The molecule has 2 saturated heterocycles. The van der Waals surface area contributed by atoms with E-state index in [1.807, 2.05) is 0 Å². The number of nitrogens with zero attached hydrogens (tertiary/aromatic N) is 2. The maximum Gasteiger partial charge on any atom is 0.336 e. The average molecular weight is 241 g/mol. The molecule has 0 amide bonds. The largest absolute Gasteiger partial charge is 0.371 e. The van der Waals surface area contributed by atoms with Gasteiger partial charge < -0.3 is 9.47 Å². The van der Waals surface area contributed by atoms with Crippen molar-refractivity contribution in [1.29, 1.82) is 0 Å². The third-order valence-corrected chi connectivity index (χ3v) is 2.74. The van der Waals surface area contributed by atoms with Crippen LogP contribution in [0, 0.1) is 0 Å². The predicted molar refractivity (Wildman–Crippen MR) is 55.1 cm³/mol. The van der Waals surface area contributed by atoms with Gasteiger partial charge in [-0.05, 0) is 0 Å². The smallest absolute Gasteiger partial charge is 0.336 e. The molecule has 2 atom stereocenters. The van der Waals surface area contributed by atoms with Gasteiger partial charge in [-0.3, -0.25) is 4.98 Å². The number of hydrogen-bond donors (Lipinski definition) is 1. The van der Waals surface area contributed by atoms with Crippen molar-refractivity contribution < 1.29 is 9.47 Å². The lowest BCUT2D eigenvalue weighted by Crippen LogP contribution is -2.50. The first-order chi connectivity index (χ1) is 8.15. The molecule has 8 nitrogen and oxygen atoms in total. The fourth-order valence-corrected chi connectivity index (χ4v) is 1.62. The van der Waals surface area contributed by atoms with Gasteiger partial charge in [0.25, 0.3) is 0 Å². The maximum atomic E-state index is 11.9. The summed E-state index contributed by atoms with van der Waals surface area (Å²) in [6.07, 6.45) is -0.200. The fourth-order valence-electron chi connectivity index (χ4n) is 1.62. The van der Waals surface area contributed by atoms with Crippen LogP contribution in [0.15, 0.2) is 14.4 Å². The normalized spacial score (nSPS) is 25.9. The molecule has 1 aromatic rings. The minimum absolute atomic E-state index is 0.100. The standard InChI is InChI=1S/C9H11N3O5/c13-7-10-8(14)12(2-6-4-17-6)9(15)11(7)1-5-3-16-5/h5-6H,1-4H2,(H,10,13,14). The number of aromatic amines is 1. The van der Waals surface area contributed by atoms with E-state index in [-0.39, 0.29) is 25.3 Å². The molecule has 2 aliphatic rings. The second kappa shape index (κ2) is 3.67. The summed E-state index contributed by atoms with van der Waals surface area (Å²) in [6.45, 7) is 1.44. The number of aromatic nitrogens is 3. The van der Waals surface area contributed by atoms with Gasteiger partial charge in [-0.1, -0.05) is 0 Å². The Morgan fingerprint density at radius 2 is 1.41 bits per heavy atom. The van der Waals surface area contributed by atoms with Crippen LogP contribution in [0.2, 0.25) is 0 Å². The Balaban J connectivity index is 2.03. The summed E-state index contributed by atoms with van der Waals surface area (Å²) < 4.78 is 11.9. The zero-order chi connectivity index (χ0) is 12.0. The lowest BCUT2D eigenvalue weighted by atomic mass is 10.4. The number of epoxide rings is 2. The summed E-state index contributed by atoms with van der Waals surface area (Å²) in [6, 6.07) is 0. The molecule has 0 spiro atoms. The van der Waals surface area contributed by atoms with Crippen molar-refractivity contribution >= 4 is 0 Å². The van der Waals surface area contributed by atoms with Crippen LogP contribution < -0.4 is 17.1 Å². The molecule has 0 bridgehead atoms. The molecule has 3 heterocycles. The van der Waals surface area contributed by atoms with Gasteiger partial charge in [-0.2, -0.15) is 0 Å². The molecule has 92 valence electrons. The summed E-state index contributed by atoms with van der Waals surface area (Å²) in [5.74, 6) is 0. The molecule has 0 saturated carbocycles. The molecule has 2 fully saturated rings. The molecule has 2 unspecified atom stereocenters. The topological polar surface area (TPSA) is 102 Å². The van der Waals surface area contributed by atoms with Crippen molar-refractivity contribution in [3.8, 4) is 0 Å². The quantitative estimate of drug-likeness (QED) is 0.587. The van der Waals surface area contributed by atoms with E-state index in [9.17, 15) is 14.4 Å². The first-order valence-electron chi connectivity index (χ1n) is 5.32. The van der Waals surface area contributed by atoms with Crippen molar-refractivity contribution in [3.05, 3.63) is 31.5 Å². The van der Waals surface area contributed by atoms with Crippen LogP contribution >= 0.6 is 0 Å². The Kier molecular flexibility index (Phi) is 2.26. The van der Waals surface area contributed by atoms with Crippen molar-refractivity contribution in [2.24, 2.45) is 0 Å². The summed E-state index contributed by atoms with van der Waals surface area (Å²) in [4.78, 5) is 37.0. The van der Waals surface area contributed by atoms with Gasteiger partial charge in [0.2, 0.25) is 0 Å². The second-order valence-electron chi connectivity index (χ2n) is 4.15. The van der Waals surface area contributed by atoms with Crippen molar-refractivity contribution in [2.75, 3.05) is 13.2 Å². The zero-order valence-corrected chi connectivity index (χ0v) is 8.92. The van der Waals surface area contributed by atoms with E-state index in [1.165, 1.54) is 0 Å². The molecule has 0 aromatic carbocycles. The Morgan fingerprint density at radius 1 is 1.00 bits per heavy atom. The van der Waals surface area contributed by atoms with Gasteiger partial charge in [0.05, 0.1) is 38.5 Å². The average Bonchev–Trinajstić information content (AvgIpc) is 3.12. The summed E-state index contributed by atoms with van der Waals surface area (Å²) in [5, 5.41) is 0. The van der Waals surface area contributed by atoms with Crippen LogP contribution in [0.4, 0.5) is 0 Å². The molecule has 0 aliphatic carbocycles. The molecule has 3 rings (SSSR count). The molecular formula is C9H11N3O5. The van der Waals surface area contributed by atoms with Gasteiger partial charge in [0.1, 0.15) is 0 Å². The van der Waals surface area contributed by atoms with Crippen LogP contribution in [0.3, 0.4) is 0 Å². The minimum Gasteiger partial charge on any atom is -0.371 e. The zero-order valence-electron chi connectivity index (χ0n) is 8.92. The first-order valence-corrected chi connectivity index (χ1v) is 5.32. The fraction of sp³-hybridized carbons (Fsp3) is 0.667. The lowest BCUT2D eigenvalue weighted by Gasteiger charge is -2.06. The number of hydrogen-bond acceptors (Lipinski definition) is 5. The molecule has 0 radical (unpaired) electrons. The van der Waals surface area contributed by atoms with E-state index in [0.717, 1.165) is 9.13 Å². The van der Waals surface area contributed by atoms with E-state index in [1.54, 1.807) is 0 Å².